The van der Waals surface area contributed by atoms with Crippen LogP contribution in [0.4, 0.5) is 4.79 Å². The first-order valence-electron chi connectivity index (χ1n) is 17.9. The summed E-state index contributed by atoms with van der Waals surface area (Å²) >= 11 is 0. The van der Waals surface area contributed by atoms with Crippen molar-refractivity contribution in [2.45, 2.75) is 102 Å². The van der Waals surface area contributed by atoms with E-state index in [-0.39, 0.29) is 11.8 Å². The number of para-hydroxylation sites is 1. The number of hydrogen-bond acceptors (Lipinski definition) is 8. The maximum Gasteiger partial charge on any atom is 0.410 e. The van der Waals surface area contributed by atoms with E-state index in [1.54, 1.807) is 6.07 Å². The van der Waals surface area contributed by atoms with E-state index < -0.39 is 5.60 Å². The predicted octanol–water partition coefficient (Wildman–Crippen LogP) is 5.58. The molecule has 8 rings (SSSR count). The van der Waals surface area contributed by atoms with E-state index in [9.17, 15) is 9.90 Å². The standard InChI is InChI=1S/C37H51N7O3/c1-24-33-29-19-31(28-7-5-6-8-32(28)45)39-40-34(29)38-30(33)13-14-44(24)26-11-9-25(10-12-26)41-15-17-42(18-16-41)27-20-37(21-27)22-43(23-37)35(46)47-36(2,3)4/h5-8,19,24-27,45H,9-18,20-23H2,1-4H3,(H,38,40)/t24-,25-,26+/m1/s1. The van der Waals surface area contributed by atoms with Crippen LogP contribution in [0.1, 0.15) is 83.5 Å². The quantitative estimate of drug-likeness (QED) is 0.381. The van der Waals surface area contributed by atoms with Crippen LogP contribution in [0.5, 0.6) is 5.75 Å². The van der Waals surface area contributed by atoms with E-state index in [0.717, 1.165) is 42.7 Å². The third-order valence-electron chi connectivity index (χ3n) is 12.0. The minimum atomic E-state index is -0.425. The number of phenols is 1. The van der Waals surface area contributed by atoms with Crippen molar-refractivity contribution in [1.82, 2.24) is 34.8 Å². The molecule has 2 saturated heterocycles. The van der Waals surface area contributed by atoms with Crippen LogP contribution in [0.15, 0.2) is 30.3 Å². The first-order valence-corrected chi connectivity index (χ1v) is 17.9. The predicted molar refractivity (Wildman–Crippen MR) is 182 cm³/mol. The molecule has 0 bridgehead atoms. The van der Waals surface area contributed by atoms with Crippen molar-refractivity contribution in [3.05, 3.63) is 41.6 Å². The minimum Gasteiger partial charge on any atom is -0.507 e. The van der Waals surface area contributed by atoms with Gasteiger partial charge in [-0.15, -0.1) is 10.2 Å². The van der Waals surface area contributed by atoms with Crippen LogP contribution in [-0.4, -0.2) is 116 Å². The number of rotatable bonds is 4. The van der Waals surface area contributed by atoms with Crippen LogP contribution < -0.4 is 0 Å². The Morgan fingerprint density at radius 3 is 2.28 bits per heavy atom. The lowest BCUT2D eigenvalue weighted by atomic mass is 9.60. The Labute approximate surface area is 278 Å². The number of ether oxygens (including phenoxy) is 1. The monoisotopic (exact) mass is 641 g/mol. The molecule has 0 unspecified atom stereocenters. The number of phenolic OH excluding ortho intramolecular Hbond substituents is 1. The Morgan fingerprint density at radius 1 is 0.936 bits per heavy atom. The summed E-state index contributed by atoms with van der Waals surface area (Å²) in [5.74, 6) is 0.233. The summed E-state index contributed by atoms with van der Waals surface area (Å²) in [6.45, 7) is 15.7. The maximum absolute atomic E-state index is 12.4. The molecule has 47 heavy (non-hydrogen) atoms. The minimum absolute atomic E-state index is 0.151. The average Bonchev–Trinajstić information content (AvgIpc) is 3.38. The molecule has 1 amide bonds. The first kappa shape index (κ1) is 31.1. The van der Waals surface area contributed by atoms with Gasteiger partial charge in [0, 0.05) is 98.5 Å². The second kappa shape index (κ2) is 11.7. The molecule has 0 radical (unpaired) electrons. The van der Waals surface area contributed by atoms with Crippen LogP contribution in [0.3, 0.4) is 0 Å². The third kappa shape index (κ3) is 5.80. The van der Waals surface area contributed by atoms with Crippen molar-refractivity contribution >= 4 is 17.1 Å². The zero-order chi connectivity index (χ0) is 32.5. The molecule has 5 heterocycles. The number of amides is 1. The Hall–Kier alpha value is -3.21. The third-order valence-corrected chi connectivity index (χ3v) is 12.0. The molecule has 2 aliphatic carbocycles. The molecular weight excluding hydrogens is 590 g/mol. The van der Waals surface area contributed by atoms with Crippen LogP contribution >= 0.6 is 0 Å². The number of H-pyrrole nitrogens is 1. The highest BCUT2D eigenvalue weighted by molar-refractivity contribution is 5.86. The van der Waals surface area contributed by atoms with Gasteiger partial charge in [0.25, 0.3) is 0 Å². The lowest BCUT2D eigenvalue weighted by Crippen LogP contribution is -2.69. The SMILES string of the molecule is C[C@@H]1c2c([nH]c3nnc(-c4ccccc4O)cc23)CCN1[C@H]1CC[C@@H](N2CCN(C3CC4(C3)CN(C(=O)OC(C)(C)C)C4)CC2)CC1. The van der Waals surface area contributed by atoms with Gasteiger partial charge in [0.1, 0.15) is 11.4 Å². The van der Waals surface area contributed by atoms with Crippen molar-refractivity contribution in [2.24, 2.45) is 5.41 Å². The number of aromatic nitrogens is 3. The molecular formula is C37H51N7O3. The number of nitrogens with one attached hydrogen (secondary N) is 1. The molecule has 10 nitrogen and oxygen atoms in total. The average molecular weight is 642 g/mol. The van der Waals surface area contributed by atoms with Gasteiger partial charge in [-0.25, -0.2) is 4.79 Å². The molecule has 5 aliphatic rings. The number of nitrogens with zero attached hydrogens (tertiary/aromatic N) is 6. The van der Waals surface area contributed by atoms with E-state index in [2.05, 4.69) is 42.9 Å². The molecule has 4 fully saturated rings. The highest BCUT2D eigenvalue weighted by atomic mass is 16.6. The Morgan fingerprint density at radius 2 is 1.60 bits per heavy atom. The van der Waals surface area contributed by atoms with Crippen LogP contribution in [0, 0.1) is 5.41 Å². The molecule has 2 aromatic heterocycles. The van der Waals surface area contributed by atoms with E-state index >= 15 is 0 Å². The lowest BCUT2D eigenvalue weighted by Gasteiger charge is -2.61. The van der Waals surface area contributed by atoms with E-state index in [1.165, 1.54) is 76.0 Å². The summed E-state index contributed by atoms with van der Waals surface area (Å²) in [5.41, 5.74) is 4.84. The van der Waals surface area contributed by atoms with Gasteiger partial charge in [-0.1, -0.05) is 12.1 Å². The number of likely N-dealkylation sites (tertiary alicyclic amines) is 1. The molecule has 1 atom stereocenters. The smallest absolute Gasteiger partial charge is 0.410 e. The van der Waals surface area contributed by atoms with Gasteiger partial charge < -0.3 is 19.7 Å². The normalized spacial score (nSPS) is 27.4. The van der Waals surface area contributed by atoms with Crippen molar-refractivity contribution in [3.63, 3.8) is 0 Å². The van der Waals surface area contributed by atoms with Crippen LogP contribution in [0.2, 0.25) is 0 Å². The zero-order valence-electron chi connectivity index (χ0n) is 28.5. The van der Waals surface area contributed by atoms with Gasteiger partial charge in [-0.3, -0.25) is 14.7 Å². The number of carbonyl (C=O) groups excluding carboxylic acids is 1. The van der Waals surface area contributed by atoms with Crippen LogP contribution in [-0.2, 0) is 11.2 Å². The van der Waals surface area contributed by atoms with Crippen molar-refractivity contribution in [2.75, 3.05) is 45.8 Å². The largest absolute Gasteiger partial charge is 0.507 e. The number of aromatic amines is 1. The second-order valence-corrected chi connectivity index (χ2v) is 16.1. The van der Waals surface area contributed by atoms with Crippen molar-refractivity contribution in [3.8, 4) is 17.0 Å². The number of aromatic hydroxyl groups is 1. The van der Waals surface area contributed by atoms with E-state index in [0.29, 0.717) is 35.3 Å². The number of fused-ring (bicyclic) bond motifs is 3. The van der Waals surface area contributed by atoms with Gasteiger partial charge >= 0.3 is 6.09 Å². The number of hydrogen-bond donors (Lipinski definition) is 2. The van der Waals surface area contributed by atoms with Gasteiger partial charge in [-0.2, -0.15) is 0 Å². The van der Waals surface area contributed by atoms with Crippen molar-refractivity contribution in [1.29, 1.82) is 0 Å². The summed E-state index contributed by atoms with van der Waals surface area (Å²) in [6, 6.07) is 11.8. The fourth-order valence-electron chi connectivity index (χ4n) is 9.56. The molecule has 2 N–H and O–H groups in total. The Kier molecular flexibility index (Phi) is 7.76. The molecule has 1 aromatic carbocycles. The zero-order valence-corrected chi connectivity index (χ0v) is 28.5. The van der Waals surface area contributed by atoms with Crippen LogP contribution in [0.25, 0.3) is 22.3 Å². The van der Waals surface area contributed by atoms with Gasteiger partial charge in [0.05, 0.1) is 5.69 Å². The molecule has 252 valence electrons. The van der Waals surface area contributed by atoms with E-state index in [4.69, 9.17) is 4.74 Å². The van der Waals surface area contributed by atoms with E-state index in [1.807, 2.05) is 43.9 Å². The second-order valence-electron chi connectivity index (χ2n) is 16.1. The topological polar surface area (TPSA) is 101 Å². The fourth-order valence-corrected chi connectivity index (χ4v) is 9.56. The van der Waals surface area contributed by atoms with Gasteiger partial charge in [0.2, 0.25) is 0 Å². The number of benzene rings is 1. The highest BCUT2D eigenvalue weighted by Crippen LogP contribution is 2.51. The summed E-state index contributed by atoms with van der Waals surface area (Å²) in [6.07, 6.45) is 8.39. The molecule has 3 aliphatic heterocycles. The van der Waals surface area contributed by atoms with Gasteiger partial charge in [0.15, 0.2) is 5.65 Å². The molecule has 1 spiro atoms. The molecule has 3 aromatic rings. The number of piperazine rings is 1. The summed E-state index contributed by atoms with van der Waals surface area (Å²) < 4.78 is 5.57. The fraction of sp³-hybridized carbons (Fsp3) is 0.649. The Bertz CT molecular complexity index is 1620. The highest BCUT2D eigenvalue weighted by Gasteiger charge is 2.55. The lowest BCUT2D eigenvalue weighted by molar-refractivity contribution is -0.114. The molecule has 10 heteroatoms. The summed E-state index contributed by atoms with van der Waals surface area (Å²) in [7, 11) is 0. The Balaban J connectivity index is 0.825. The maximum atomic E-state index is 12.4. The number of carbonyl (C=O) groups is 1. The summed E-state index contributed by atoms with van der Waals surface area (Å²) in [4.78, 5) is 26.1. The van der Waals surface area contributed by atoms with Gasteiger partial charge in [-0.05, 0) is 90.0 Å². The van der Waals surface area contributed by atoms with Crippen molar-refractivity contribution < 1.29 is 14.6 Å². The first-order chi connectivity index (χ1) is 22.6. The molecule has 2 saturated carbocycles. The summed E-state index contributed by atoms with van der Waals surface area (Å²) in [5, 5.41) is 20.5.